The van der Waals surface area contributed by atoms with Gasteiger partial charge in [0.2, 0.25) is 5.82 Å². The zero-order valence-electron chi connectivity index (χ0n) is 36.0. The molecule has 2 aliphatic rings. The number of esters is 1. The van der Waals surface area contributed by atoms with Crippen molar-refractivity contribution in [3.8, 4) is 17.0 Å². The van der Waals surface area contributed by atoms with Gasteiger partial charge in [-0.3, -0.25) is 9.59 Å². The van der Waals surface area contributed by atoms with Gasteiger partial charge < -0.3 is 48.6 Å². The van der Waals surface area contributed by atoms with E-state index in [0.29, 0.717) is 63.3 Å². The van der Waals surface area contributed by atoms with E-state index >= 15 is 0 Å². The number of piperazine rings is 2. The number of benzene rings is 2. The Hall–Kier alpha value is -5.49. The Morgan fingerprint density at radius 1 is 0.852 bits per heavy atom. The fourth-order valence-electron chi connectivity index (χ4n) is 7.29. The molecule has 61 heavy (non-hydrogen) atoms. The van der Waals surface area contributed by atoms with Crippen molar-refractivity contribution in [2.24, 2.45) is 7.05 Å². The van der Waals surface area contributed by atoms with Crippen LogP contribution in [0.25, 0.3) is 11.3 Å². The van der Waals surface area contributed by atoms with Gasteiger partial charge in [0.25, 0.3) is 11.8 Å². The zero-order valence-corrected chi connectivity index (χ0v) is 36.8. The topological polar surface area (TPSA) is 165 Å². The molecule has 0 spiro atoms. The third-order valence-corrected chi connectivity index (χ3v) is 10.7. The summed E-state index contributed by atoms with van der Waals surface area (Å²) in [5, 5.41) is 5.55. The minimum Gasteiger partial charge on any atom is -0.494 e. The monoisotopic (exact) mass is 873 g/mol. The maximum atomic E-state index is 14.8. The van der Waals surface area contributed by atoms with E-state index in [1.807, 2.05) is 20.8 Å². The lowest BCUT2D eigenvalue weighted by atomic mass is 10.1. The van der Waals surface area contributed by atoms with Crippen LogP contribution in [0, 0.1) is 11.6 Å². The van der Waals surface area contributed by atoms with Crippen LogP contribution in [0.5, 0.6) is 5.75 Å². The van der Waals surface area contributed by atoms with E-state index in [1.165, 1.54) is 55.3 Å². The molecule has 19 heteroatoms. The summed E-state index contributed by atoms with van der Waals surface area (Å²) in [6.07, 6.45) is 1.35. The maximum Gasteiger partial charge on any atom is 0.407 e. The molecule has 5 amide bonds. The van der Waals surface area contributed by atoms with E-state index in [1.54, 1.807) is 35.5 Å². The standard InChI is InChI=1S/C42H55ClF2N8O8/c1-41(2,3)60-33(54)26-53(21-9-14-46-39(57)61-42(4,5)6)22-19-52(20-23-53)40(58)51-17-15-50(16-18-51)38(56)28-11-10-27(24-30(28)43)48-37(55)36-47-25-31(49(36)7)29-12-13-32(59-8)35(45)34(29)44/h10-13,24-25H,9,14-23,26H2,1-8H3,(H-,46,48,55,56,57)/p+1. The molecule has 16 nitrogen and oxygen atoms in total. The van der Waals surface area contributed by atoms with E-state index in [9.17, 15) is 32.8 Å². The number of carbonyl (C=O) groups is 5. The Balaban J connectivity index is 1.13. The summed E-state index contributed by atoms with van der Waals surface area (Å²) in [6.45, 7) is 15.0. The fourth-order valence-corrected chi connectivity index (χ4v) is 7.55. The molecule has 0 bridgehead atoms. The molecule has 0 atom stereocenters. The number of carbonyl (C=O) groups excluding carboxylic acids is 5. The van der Waals surface area contributed by atoms with Gasteiger partial charge in [-0.15, -0.1) is 0 Å². The van der Waals surface area contributed by atoms with Crippen LogP contribution in [-0.2, 0) is 21.3 Å². The molecule has 5 rings (SSSR count). The summed E-state index contributed by atoms with van der Waals surface area (Å²) < 4.78 is 46.7. The van der Waals surface area contributed by atoms with Gasteiger partial charge in [0.05, 0.1) is 62.3 Å². The summed E-state index contributed by atoms with van der Waals surface area (Å²) in [4.78, 5) is 74.8. The normalized spacial score (nSPS) is 15.6. The van der Waals surface area contributed by atoms with Crippen molar-refractivity contribution in [1.82, 2.24) is 29.6 Å². The smallest absolute Gasteiger partial charge is 0.407 e. The van der Waals surface area contributed by atoms with Crippen molar-refractivity contribution in [2.45, 2.75) is 59.2 Å². The SMILES string of the molecule is COc1ccc(-c2cnc(C(=O)Nc3ccc(C(=O)N4CCN(C(=O)N5CC[N+](CCCNC(=O)OC(C)(C)C)(CC(=O)OC(C)(C)C)CC5)CC4)c(Cl)c3)n2C)c(F)c1F. The minimum absolute atomic E-state index is 0.0808. The number of hydrogen-bond acceptors (Lipinski definition) is 9. The molecule has 0 radical (unpaired) electrons. The van der Waals surface area contributed by atoms with Crippen LogP contribution in [0.2, 0.25) is 5.02 Å². The molecule has 3 aromatic rings. The summed E-state index contributed by atoms with van der Waals surface area (Å²) in [6, 6.07) is 6.92. The van der Waals surface area contributed by atoms with Gasteiger partial charge in [0.1, 0.15) is 11.2 Å². The van der Waals surface area contributed by atoms with E-state index in [2.05, 4.69) is 15.6 Å². The highest BCUT2D eigenvalue weighted by molar-refractivity contribution is 6.34. The van der Waals surface area contributed by atoms with Crippen molar-refractivity contribution in [3.63, 3.8) is 0 Å². The molecule has 0 aliphatic carbocycles. The van der Waals surface area contributed by atoms with E-state index in [4.69, 9.17) is 25.8 Å². The number of anilines is 1. The number of nitrogens with zero attached hydrogens (tertiary/aromatic N) is 6. The van der Waals surface area contributed by atoms with E-state index in [0.717, 1.165) is 0 Å². The second kappa shape index (κ2) is 19.1. The fraction of sp³-hybridized carbons (Fsp3) is 0.524. The lowest BCUT2D eigenvalue weighted by molar-refractivity contribution is -0.925. The van der Waals surface area contributed by atoms with Crippen LogP contribution in [0.15, 0.2) is 36.5 Å². The predicted molar refractivity (Wildman–Crippen MR) is 223 cm³/mol. The molecule has 1 aromatic heterocycles. The third kappa shape index (κ3) is 11.9. The molecule has 2 saturated heterocycles. The number of amides is 5. The van der Waals surface area contributed by atoms with Crippen molar-refractivity contribution < 1.29 is 51.4 Å². The number of aromatic nitrogens is 2. The molecule has 2 aromatic carbocycles. The second-order valence-corrected chi connectivity index (χ2v) is 17.6. The molecule has 2 aliphatic heterocycles. The summed E-state index contributed by atoms with van der Waals surface area (Å²) in [5.41, 5.74) is -0.710. The van der Waals surface area contributed by atoms with Gasteiger partial charge in [0, 0.05) is 57.4 Å². The van der Waals surface area contributed by atoms with Crippen LogP contribution < -0.4 is 15.4 Å². The quantitative estimate of drug-likeness (QED) is 0.143. The first-order valence-corrected chi connectivity index (χ1v) is 20.5. The maximum absolute atomic E-state index is 14.8. The number of imidazole rings is 1. The first-order chi connectivity index (χ1) is 28.6. The highest BCUT2D eigenvalue weighted by atomic mass is 35.5. The van der Waals surface area contributed by atoms with E-state index < -0.39 is 34.8 Å². The van der Waals surface area contributed by atoms with Crippen molar-refractivity contribution in [3.05, 3.63) is 64.6 Å². The Morgan fingerprint density at radius 2 is 1.48 bits per heavy atom. The highest BCUT2D eigenvalue weighted by Crippen LogP contribution is 2.31. The molecule has 2 N–H and O–H groups in total. The van der Waals surface area contributed by atoms with Crippen LogP contribution in [0.1, 0.15) is 68.9 Å². The van der Waals surface area contributed by atoms with Gasteiger partial charge in [-0.05, 0) is 71.9 Å². The summed E-state index contributed by atoms with van der Waals surface area (Å²) in [7, 11) is 2.72. The van der Waals surface area contributed by atoms with Crippen molar-refractivity contribution >= 4 is 47.2 Å². The Bertz CT molecular complexity index is 2120. The van der Waals surface area contributed by atoms with Crippen LogP contribution in [0.4, 0.5) is 24.1 Å². The van der Waals surface area contributed by atoms with Crippen LogP contribution in [0.3, 0.4) is 0 Å². The number of rotatable bonds is 11. The van der Waals surface area contributed by atoms with Gasteiger partial charge >= 0.3 is 18.1 Å². The summed E-state index contributed by atoms with van der Waals surface area (Å²) in [5.74, 6) is -3.94. The Morgan fingerprint density at radius 3 is 2.08 bits per heavy atom. The molecule has 2 fully saturated rings. The molecule has 332 valence electrons. The molecular weight excluding hydrogens is 818 g/mol. The number of alkyl carbamates (subject to hydrolysis) is 1. The Kier molecular flexibility index (Phi) is 14.5. The van der Waals surface area contributed by atoms with Gasteiger partial charge in [-0.25, -0.2) is 23.8 Å². The second-order valence-electron chi connectivity index (χ2n) is 17.2. The number of hydrogen-bond donors (Lipinski definition) is 2. The van der Waals surface area contributed by atoms with Crippen molar-refractivity contribution in [1.29, 1.82) is 0 Å². The zero-order chi connectivity index (χ0) is 44.9. The van der Waals surface area contributed by atoms with Crippen molar-refractivity contribution in [2.75, 3.05) is 84.4 Å². The number of halogens is 3. The largest absolute Gasteiger partial charge is 0.494 e. The first kappa shape index (κ1) is 46.6. The average Bonchev–Trinajstić information content (AvgIpc) is 3.56. The van der Waals surface area contributed by atoms with E-state index in [-0.39, 0.29) is 76.6 Å². The summed E-state index contributed by atoms with van der Waals surface area (Å²) >= 11 is 6.56. The number of methoxy groups -OCH3 is 1. The van der Waals surface area contributed by atoms with Crippen LogP contribution >= 0.6 is 11.6 Å². The molecule has 0 saturated carbocycles. The molecule has 3 heterocycles. The minimum atomic E-state index is -1.16. The number of ether oxygens (including phenoxy) is 3. The predicted octanol–water partition coefficient (Wildman–Crippen LogP) is 5.55. The Labute approximate surface area is 359 Å². The number of quaternary nitrogens is 1. The highest BCUT2D eigenvalue weighted by Gasteiger charge is 2.39. The van der Waals surface area contributed by atoms with Gasteiger partial charge in [0.15, 0.2) is 23.9 Å². The molecule has 0 unspecified atom stereocenters. The average molecular weight is 874 g/mol. The van der Waals surface area contributed by atoms with Crippen LogP contribution in [-0.4, -0.2) is 149 Å². The van der Waals surface area contributed by atoms with Gasteiger partial charge in [-0.2, -0.15) is 4.39 Å². The lowest BCUT2D eigenvalue weighted by Gasteiger charge is -2.46. The first-order valence-electron chi connectivity index (χ1n) is 20.1. The molecular formula is C42H56ClF2N8O8+. The van der Waals surface area contributed by atoms with Gasteiger partial charge in [-0.1, -0.05) is 11.6 Å². The third-order valence-electron chi connectivity index (χ3n) is 10.3. The lowest BCUT2D eigenvalue weighted by Crippen LogP contribution is -2.65. The number of urea groups is 1. The number of nitrogens with one attached hydrogen (secondary N) is 2.